The second-order valence-electron chi connectivity index (χ2n) is 4.75. The van der Waals surface area contributed by atoms with E-state index < -0.39 is 0 Å². The molecule has 4 nitrogen and oxygen atoms in total. The van der Waals surface area contributed by atoms with Crippen molar-refractivity contribution in [2.75, 3.05) is 13.6 Å². The maximum atomic E-state index is 5.95. The van der Waals surface area contributed by atoms with Crippen LogP contribution in [0.5, 0.6) is 0 Å². The fraction of sp³-hybridized carbons (Fsp3) is 0.333. The van der Waals surface area contributed by atoms with Crippen LogP contribution in [0.25, 0.3) is 0 Å². The van der Waals surface area contributed by atoms with Gasteiger partial charge in [0.05, 0.1) is 0 Å². The van der Waals surface area contributed by atoms with Crippen molar-refractivity contribution in [1.82, 2.24) is 14.9 Å². The van der Waals surface area contributed by atoms with Gasteiger partial charge < -0.3 is 5.73 Å². The molecule has 4 heteroatoms. The Labute approximate surface area is 114 Å². The number of aromatic nitrogens is 2. The largest absolute Gasteiger partial charge is 0.329 e. The van der Waals surface area contributed by atoms with Crippen molar-refractivity contribution in [3.8, 4) is 0 Å². The first-order chi connectivity index (χ1) is 9.22. The lowest BCUT2D eigenvalue weighted by Crippen LogP contribution is -2.30. The Kier molecular flexibility index (Phi) is 4.60. The van der Waals surface area contributed by atoms with Gasteiger partial charge in [0, 0.05) is 43.9 Å². The number of hydrogen-bond donors (Lipinski definition) is 1. The Morgan fingerprint density at radius 3 is 2.47 bits per heavy atom. The van der Waals surface area contributed by atoms with Gasteiger partial charge in [0.1, 0.15) is 0 Å². The van der Waals surface area contributed by atoms with Gasteiger partial charge in [-0.25, -0.2) is 0 Å². The highest BCUT2D eigenvalue weighted by Crippen LogP contribution is 2.22. The molecular formula is C15H20N4. The van der Waals surface area contributed by atoms with E-state index >= 15 is 0 Å². The first-order valence-electron chi connectivity index (χ1n) is 6.42. The lowest BCUT2D eigenvalue weighted by molar-refractivity contribution is 0.240. The predicted octanol–water partition coefficient (Wildman–Crippen LogP) is 1.92. The number of nitrogens with zero attached hydrogens (tertiary/aromatic N) is 3. The molecule has 0 spiro atoms. The third-order valence-corrected chi connectivity index (χ3v) is 3.38. The molecule has 100 valence electrons. The van der Waals surface area contributed by atoms with Gasteiger partial charge >= 0.3 is 0 Å². The molecule has 0 bridgehead atoms. The Morgan fingerprint density at radius 1 is 1.16 bits per heavy atom. The summed E-state index contributed by atoms with van der Waals surface area (Å²) in [7, 11) is 2.09. The van der Waals surface area contributed by atoms with Crippen molar-refractivity contribution in [2.45, 2.75) is 19.5 Å². The van der Waals surface area contributed by atoms with Crippen LogP contribution in [0.2, 0.25) is 0 Å². The molecule has 0 aromatic carbocycles. The van der Waals surface area contributed by atoms with Crippen molar-refractivity contribution in [3.05, 3.63) is 59.7 Å². The van der Waals surface area contributed by atoms with Gasteiger partial charge in [-0.1, -0.05) is 0 Å². The molecule has 1 atom stereocenters. The van der Waals surface area contributed by atoms with Gasteiger partial charge in [-0.3, -0.25) is 14.9 Å². The highest BCUT2D eigenvalue weighted by atomic mass is 15.1. The molecular weight excluding hydrogens is 236 g/mol. The van der Waals surface area contributed by atoms with Crippen LogP contribution in [-0.2, 0) is 6.54 Å². The van der Waals surface area contributed by atoms with Crippen LogP contribution in [0.15, 0.2) is 43.0 Å². The number of hydrogen-bond acceptors (Lipinski definition) is 4. The van der Waals surface area contributed by atoms with Gasteiger partial charge in [0.15, 0.2) is 0 Å². The summed E-state index contributed by atoms with van der Waals surface area (Å²) in [5.41, 5.74) is 9.60. The normalized spacial score (nSPS) is 12.6. The summed E-state index contributed by atoms with van der Waals surface area (Å²) in [6.07, 6.45) is 7.36. The van der Waals surface area contributed by atoms with E-state index in [4.69, 9.17) is 5.73 Å². The molecule has 0 saturated heterocycles. The van der Waals surface area contributed by atoms with Gasteiger partial charge in [0.2, 0.25) is 0 Å². The van der Waals surface area contributed by atoms with Gasteiger partial charge in [-0.2, -0.15) is 0 Å². The maximum Gasteiger partial charge on any atom is 0.0488 e. The monoisotopic (exact) mass is 256 g/mol. The van der Waals surface area contributed by atoms with E-state index in [-0.39, 0.29) is 6.04 Å². The summed E-state index contributed by atoms with van der Waals surface area (Å²) in [6, 6.07) is 6.26. The molecule has 19 heavy (non-hydrogen) atoms. The third-order valence-electron chi connectivity index (χ3n) is 3.38. The van der Waals surface area contributed by atoms with Crippen molar-refractivity contribution >= 4 is 0 Å². The minimum absolute atomic E-state index is 0.182. The minimum Gasteiger partial charge on any atom is -0.329 e. The quantitative estimate of drug-likeness (QED) is 0.888. The molecule has 2 aromatic rings. The Hall–Kier alpha value is -1.78. The number of rotatable bonds is 5. The van der Waals surface area contributed by atoms with Crippen molar-refractivity contribution < 1.29 is 0 Å². The standard InChI is InChI=1S/C15H20N4/c1-12-3-6-18-10-14(12)15(9-16)19(2)11-13-4-7-17-8-5-13/h3-8,10,15H,9,11,16H2,1-2H3. The van der Waals surface area contributed by atoms with E-state index in [0.717, 1.165) is 6.54 Å². The molecule has 0 saturated carbocycles. The molecule has 2 heterocycles. The van der Waals surface area contributed by atoms with Crippen molar-refractivity contribution in [1.29, 1.82) is 0 Å². The van der Waals surface area contributed by atoms with Crippen LogP contribution in [0, 0.1) is 6.92 Å². The van der Waals surface area contributed by atoms with Crippen molar-refractivity contribution in [3.63, 3.8) is 0 Å². The molecule has 0 radical (unpaired) electrons. The summed E-state index contributed by atoms with van der Waals surface area (Å²) < 4.78 is 0. The zero-order valence-electron chi connectivity index (χ0n) is 11.5. The Bertz CT molecular complexity index is 513. The average molecular weight is 256 g/mol. The summed E-state index contributed by atoms with van der Waals surface area (Å²) >= 11 is 0. The molecule has 0 aliphatic rings. The van der Waals surface area contributed by atoms with Gasteiger partial charge in [-0.05, 0) is 48.9 Å². The van der Waals surface area contributed by atoms with Crippen LogP contribution in [0.3, 0.4) is 0 Å². The van der Waals surface area contributed by atoms with Crippen LogP contribution >= 0.6 is 0 Å². The zero-order chi connectivity index (χ0) is 13.7. The lowest BCUT2D eigenvalue weighted by Gasteiger charge is -2.28. The summed E-state index contributed by atoms with van der Waals surface area (Å²) in [6.45, 7) is 3.52. The van der Waals surface area contributed by atoms with Crippen LogP contribution in [0.4, 0.5) is 0 Å². The van der Waals surface area contributed by atoms with E-state index in [1.54, 1.807) is 0 Å². The van der Waals surface area contributed by atoms with Crippen LogP contribution < -0.4 is 5.73 Å². The fourth-order valence-corrected chi connectivity index (χ4v) is 2.26. The zero-order valence-corrected chi connectivity index (χ0v) is 11.5. The first kappa shape index (κ1) is 13.6. The molecule has 0 aliphatic heterocycles. The predicted molar refractivity (Wildman–Crippen MR) is 76.5 cm³/mol. The number of pyridine rings is 2. The van der Waals surface area contributed by atoms with Crippen LogP contribution in [-0.4, -0.2) is 28.5 Å². The van der Waals surface area contributed by atoms with E-state index in [1.807, 2.05) is 43.0 Å². The van der Waals surface area contributed by atoms with Crippen molar-refractivity contribution in [2.24, 2.45) is 5.73 Å². The number of aryl methyl sites for hydroxylation is 1. The molecule has 0 amide bonds. The Balaban J connectivity index is 2.16. The molecule has 1 unspecified atom stereocenters. The van der Waals surface area contributed by atoms with E-state index in [1.165, 1.54) is 16.7 Å². The summed E-state index contributed by atoms with van der Waals surface area (Å²) in [5, 5.41) is 0. The second kappa shape index (κ2) is 6.41. The number of likely N-dealkylation sites (N-methyl/N-ethyl adjacent to an activating group) is 1. The van der Waals surface area contributed by atoms with Crippen LogP contribution in [0.1, 0.15) is 22.7 Å². The van der Waals surface area contributed by atoms with E-state index in [0.29, 0.717) is 6.54 Å². The summed E-state index contributed by atoms with van der Waals surface area (Å²) in [5.74, 6) is 0. The minimum atomic E-state index is 0.182. The van der Waals surface area contributed by atoms with Gasteiger partial charge in [0.25, 0.3) is 0 Å². The fourth-order valence-electron chi connectivity index (χ4n) is 2.26. The third kappa shape index (κ3) is 3.36. The first-order valence-corrected chi connectivity index (χ1v) is 6.42. The molecule has 0 fully saturated rings. The highest BCUT2D eigenvalue weighted by Gasteiger charge is 2.17. The second-order valence-corrected chi connectivity index (χ2v) is 4.75. The summed E-state index contributed by atoms with van der Waals surface area (Å²) in [4.78, 5) is 10.5. The van der Waals surface area contributed by atoms with Gasteiger partial charge in [-0.15, -0.1) is 0 Å². The SMILES string of the molecule is Cc1ccncc1C(CN)N(C)Cc1ccncc1. The molecule has 2 aromatic heterocycles. The molecule has 0 aliphatic carbocycles. The Morgan fingerprint density at radius 2 is 1.84 bits per heavy atom. The molecule has 2 rings (SSSR count). The van der Waals surface area contributed by atoms with E-state index in [9.17, 15) is 0 Å². The maximum absolute atomic E-state index is 5.95. The molecule has 2 N–H and O–H groups in total. The smallest absolute Gasteiger partial charge is 0.0488 e. The van der Waals surface area contributed by atoms with E-state index in [2.05, 4.69) is 28.8 Å². The average Bonchev–Trinajstić information content (AvgIpc) is 2.43. The topological polar surface area (TPSA) is 55.0 Å². The number of nitrogens with two attached hydrogens (primary N) is 1. The highest BCUT2D eigenvalue weighted by molar-refractivity contribution is 5.25. The lowest BCUT2D eigenvalue weighted by atomic mass is 10.0.